The third-order valence-corrected chi connectivity index (χ3v) is 1.51. The normalized spacial score (nSPS) is 9.62. The molecule has 0 aromatic carbocycles. The molecule has 0 bridgehead atoms. The molecule has 0 radical (unpaired) electrons. The van der Waals surface area contributed by atoms with Gasteiger partial charge in [-0.25, -0.2) is 4.79 Å². The number of rotatable bonds is 2. The monoisotopic (exact) mass is 183 g/mol. The summed E-state index contributed by atoms with van der Waals surface area (Å²) in [7, 11) is 0. The SMILES string of the molecule is CCn1ccc(=O)c(OC(=O)O)c1. The van der Waals surface area contributed by atoms with Gasteiger partial charge in [0.1, 0.15) is 0 Å². The van der Waals surface area contributed by atoms with E-state index >= 15 is 0 Å². The van der Waals surface area contributed by atoms with Crippen molar-refractivity contribution in [3.63, 3.8) is 0 Å². The van der Waals surface area contributed by atoms with Gasteiger partial charge in [-0.15, -0.1) is 0 Å². The summed E-state index contributed by atoms with van der Waals surface area (Å²) >= 11 is 0. The van der Waals surface area contributed by atoms with E-state index in [2.05, 4.69) is 4.74 Å². The summed E-state index contributed by atoms with van der Waals surface area (Å²) < 4.78 is 5.92. The fraction of sp³-hybridized carbons (Fsp3) is 0.250. The van der Waals surface area contributed by atoms with E-state index in [0.29, 0.717) is 6.54 Å². The van der Waals surface area contributed by atoms with Gasteiger partial charge >= 0.3 is 6.16 Å². The lowest BCUT2D eigenvalue weighted by atomic mass is 10.4. The van der Waals surface area contributed by atoms with E-state index in [1.807, 2.05) is 6.92 Å². The molecule has 0 saturated carbocycles. The molecule has 0 aliphatic heterocycles. The van der Waals surface area contributed by atoms with Crippen LogP contribution in [0.2, 0.25) is 0 Å². The van der Waals surface area contributed by atoms with Crippen molar-refractivity contribution in [1.29, 1.82) is 0 Å². The Bertz CT molecular complexity index is 369. The number of hydrogen-bond acceptors (Lipinski definition) is 3. The van der Waals surface area contributed by atoms with Crippen LogP contribution in [0.3, 0.4) is 0 Å². The average molecular weight is 183 g/mol. The number of aromatic nitrogens is 1. The minimum Gasteiger partial charge on any atom is -0.449 e. The lowest BCUT2D eigenvalue weighted by Crippen LogP contribution is -2.13. The fourth-order valence-electron chi connectivity index (χ4n) is 0.870. The molecule has 0 aliphatic rings. The second-order valence-corrected chi connectivity index (χ2v) is 2.37. The Morgan fingerprint density at radius 3 is 2.92 bits per heavy atom. The van der Waals surface area contributed by atoms with Gasteiger partial charge in [0.2, 0.25) is 5.43 Å². The summed E-state index contributed by atoms with van der Waals surface area (Å²) in [5.74, 6) is -0.170. The van der Waals surface area contributed by atoms with Crippen molar-refractivity contribution in [1.82, 2.24) is 4.57 Å². The van der Waals surface area contributed by atoms with E-state index in [-0.39, 0.29) is 5.75 Å². The van der Waals surface area contributed by atoms with Crippen LogP contribution in [0.1, 0.15) is 6.92 Å². The van der Waals surface area contributed by atoms with Crippen LogP contribution in [0.25, 0.3) is 0 Å². The standard InChI is InChI=1S/C8H9NO4/c1-2-9-4-3-6(10)7(5-9)13-8(11)12/h3-5H,2H2,1H3,(H,11,12). The zero-order chi connectivity index (χ0) is 9.84. The molecular formula is C8H9NO4. The second-order valence-electron chi connectivity index (χ2n) is 2.37. The average Bonchev–Trinajstić information content (AvgIpc) is 2.08. The third-order valence-electron chi connectivity index (χ3n) is 1.51. The Hall–Kier alpha value is -1.78. The van der Waals surface area contributed by atoms with Gasteiger partial charge in [-0.05, 0) is 6.92 Å². The molecule has 0 atom stereocenters. The zero-order valence-corrected chi connectivity index (χ0v) is 7.06. The van der Waals surface area contributed by atoms with Crippen molar-refractivity contribution in [3.8, 4) is 5.75 Å². The first-order chi connectivity index (χ1) is 6.13. The number of nitrogens with zero attached hydrogens (tertiary/aromatic N) is 1. The minimum atomic E-state index is -1.48. The van der Waals surface area contributed by atoms with Gasteiger partial charge in [0.15, 0.2) is 5.75 Å². The predicted octanol–water partition coefficient (Wildman–Crippen LogP) is 0.925. The van der Waals surface area contributed by atoms with Gasteiger partial charge in [-0.3, -0.25) is 4.79 Å². The number of carboxylic acid groups (broad SMARTS) is 1. The summed E-state index contributed by atoms with van der Waals surface area (Å²) in [6.07, 6.45) is 1.44. The molecule has 0 saturated heterocycles. The van der Waals surface area contributed by atoms with Crippen LogP contribution in [0.15, 0.2) is 23.3 Å². The highest BCUT2D eigenvalue weighted by Gasteiger charge is 2.05. The summed E-state index contributed by atoms with van der Waals surface area (Å²) in [6.45, 7) is 2.52. The Balaban J connectivity index is 3.04. The molecule has 0 amide bonds. The molecular weight excluding hydrogens is 174 g/mol. The van der Waals surface area contributed by atoms with Gasteiger partial charge in [0.05, 0.1) is 6.20 Å². The van der Waals surface area contributed by atoms with Gasteiger partial charge in [-0.2, -0.15) is 0 Å². The molecule has 5 heteroatoms. The number of hydrogen-bond donors (Lipinski definition) is 1. The first-order valence-electron chi connectivity index (χ1n) is 3.74. The van der Waals surface area contributed by atoms with Crippen LogP contribution >= 0.6 is 0 Å². The molecule has 13 heavy (non-hydrogen) atoms. The van der Waals surface area contributed by atoms with Crippen molar-refractivity contribution >= 4 is 6.16 Å². The highest BCUT2D eigenvalue weighted by molar-refractivity contribution is 5.60. The summed E-state index contributed by atoms with van der Waals surface area (Å²) in [5.41, 5.74) is -0.438. The molecule has 5 nitrogen and oxygen atoms in total. The molecule has 0 fully saturated rings. The van der Waals surface area contributed by atoms with Gasteiger partial charge in [-0.1, -0.05) is 0 Å². The zero-order valence-electron chi connectivity index (χ0n) is 7.06. The van der Waals surface area contributed by atoms with Crippen molar-refractivity contribution in [2.75, 3.05) is 0 Å². The second kappa shape index (κ2) is 3.75. The van der Waals surface area contributed by atoms with E-state index in [0.717, 1.165) is 0 Å². The largest absolute Gasteiger partial charge is 0.511 e. The molecule has 1 aromatic heterocycles. The Morgan fingerprint density at radius 1 is 1.69 bits per heavy atom. The van der Waals surface area contributed by atoms with Gasteiger partial charge in [0, 0.05) is 18.8 Å². The Morgan fingerprint density at radius 2 is 2.38 bits per heavy atom. The number of aryl methyl sites for hydroxylation is 1. The number of ether oxygens (including phenoxy) is 1. The van der Waals surface area contributed by atoms with E-state index in [4.69, 9.17) is 5.11 Å². The summed E-state index contributed by atoms with van der Waals surface area (Å²) in [6, 6.07) is 1.27. The highest BCUT2D eigenvalue weighted by Crippen LogP contribution is 2.02. The Labute approximate surface area is 74.2 Å². The van der Waals surface area contributed by atoms with Crippen molar-refractivity contribution in [3.05, 3.63) is 28.7 Å². The molecule has 1 N–H and O–H groups in total. The molecule has 70 valence electrons. The van der Waals surface area contributed by atoms with Crippen LogP contribution in [0, 0.1) is 0 Å². The predicted molar refractivity (Wildman–Crippen MR) is 45.0 cm³/mol. The lowest BCUT2D eigenvalue weighted by molar-refractivity contribution is 0.143. The van der Waals surface area contributed by atoms with Crippen LogP contribution in [0.4, 0.5) is 4.79 Å². The quantitative estimate of drug-likeness (QED) is 0.692. The van der Waals surface area contributed by atoms with E-state index in [9.17, 15) is 9.59 Å². The third kappa shape index (κ3) is 2.33. The highest BCUT2D eigenvalue weighted by atomic mass is 16.7. The first kappa shape index (κ1) is 9.31. The first-order valence-corrected chi connectivity index (χ1v) is 3.74. The van der Waals surface area contributed by atoms with Crippen LogP contribution in [0.5, 0.6) is 5.75 Å². The Kier molecular flexibility index (Phi) is 2.69. The smallest absolute Gasteiger partial charge is 0.449 e. The van der Waals surface area contributed by atoms with Crippen LogP contribution in [-0.4, -0.2) is 15.8 Å². The minimum absolute atomic E-state index is 0.170. The van der Waals surface area contributed by atoms with E-state index in [1.54, 1.807) is 10.8 Å². The topological polar surface area (TPSA) is 68.5 Å². The maximum atomic E-state index is 11.0. The molecule has 1 heterocycles. The van der Waals surface area contributed by atoms with Crippen LogP contribution in [-0.2, 0) is 6.54 Å². The van der Waals surface area contributed by atoms with Crippen molar-refractivity contribution < 1.29 is 14.6 Å². The van der Waals surface area contributed by atoms with Crippen molar-refractivity contribution in [2.45, 2.75) is 13.5 Å². The van der Waals surface area contributed by atoms with E-state index < -0.39 is 11.6 Å². The number of carbonyl (C=O) groups is 1. The van der Waals surface area contributed by atoms with Gasteiger partial charge in [0.25, 0.3) is 0 Å². The maximum Gasteiger partial charge on any atom is 0.511 e. The lowest BCUT2D eigenvalue weighted by Gasteiger charge is -2.03. The summed E-state index contributed by atoms with van der Waals surface area (Å²) in [5, 5.41) is 8.28. The van der Waals surface area contributed by atoms with E-state index in [1.165, 1.54) is 12.3 Å². The molecule has 0 aliphatic carbocycles. The molecule has 1 aromatic rings. The van der Waals surface area contributed by atoms with Crippen LogP contribution < -0.4 is 10.2 Å². The summed E-state index contributed by atoms with van der Waals surface area (Å²) in [4.78, 5) is 21.2. The van der Waals surface area contributed by atoms with Crippen molar-refractivity contribution in [2.24, 2.45) is 0 Å². The maximum absolute atomic E-state index is 11.0. The van der Waals surface area contributed by atoms with Gasteiger partial charge < -0.3 is 14.4 Å². The molecule has 0 unspecified atom stereocenters. The number of pyridine rings is 1. The molecule has 0 spiro atoms. The fourth-order valence-corrected chi connectivity index (χ4v) is 0.870. The molecule has 1 rings (SSSR count).